The van der Waals surface area contributed by atoms with Crippen molar-refractivity contribution >= 4 is 28.5 Å². The second kappa shape index (κ2) is 7.63. The van der Waals surface area contributed by atoms with E-state index in [-0.39, 0.29) is 18.5 Å². The molecule has 7 heteroatoms. The van der Waals surface area contributed by atoms with Gasteiger partial charge >= 0.3 is 11.6 Å². The number of anilines is 1. The summed E-state index contributed by atoms with van der Waals surface area (Å²) in [7, 11) is 0. The highest BCUT2D eigenvalue weighted by Crippen LogP contribution is 2.21. The van der Waals surface area contributed by atoms with Crippen LogP contribution in [0.15, 0.2) is 33.5 Å². The van der Waals surface area contributed by atoms with E-state index < -0.39 is 17.5 Å². The topological polar surface area (TPSA) is 99.9 Å². The molecule has 2 rings (SSSR count). The van der Waals surface area contributed by atoms with E-state index in [1.807, 2.05) is 19.9 Å². The Hall–Kier alpha value is -2.83. The molecule has 7 nitrogen and oxygen atoms in total. The van der Waals surface area contributed by atoms with Gasteiger partial charge in [-0.25, -0.2) is 4.79 Å². The van der Waals surface area contributed by atoms with Crippen LogP contribution in [-0.4, -0.2) is 36.6 Å². The van der Waals surface area contributed by atoms with Crippen molar-refractivity contribution in [2.75, 3.05) is 24.5 Å². The van der Waals surface area contributed by atoms with Crippen LogP contribution in [0.4, 0.5) is 5.69 Å². The van der Waals surface area contributed by atoms with Crippen LogP contribution in [0, 0.1) is 0 Å². The number of hydrogen-bond acceptors (Lipinski definition) is 5. The number of nitrogens with zero attached hydrogens (tertiary/aromatic N) is 1. The van der Waals surface area contributed by atoms with E-state index in [0.29, 0.717) is 11.0 Å². The van der Waals surface area contributed by atoms with E-state index in [0.717, 1.165) is 18.8 Å². The molecule has 0 unspecified atom stereocenters. The van der Waals surface area contributed by atoms with Gasteiger partial charge in [-0.1, -0.05) is 0 Å². The first kappa shape index (κ1) is 17.5. The van der Waals surface area contributed by atoms with Gasteiger partial charge in [-0.15, -0.1) is 0 Å². The third-order valence-corrected chi connectivity index (χ3v) is 3.72. The highest BCUT2D eigenvalue weighted by atomic mass is 16.4. The molecule has 1 aromatic heterocycles. The summed E-state index contributed by atoms with van der Waals surface area (Å²) < 4.78 is 5.26. The molecular formula is C17H20N2O5. The summed E-state index contributed by atoms with van der Waals surface area (Å²) in [4.78, 5) is 36.6. The SMILES string of the molecule is CCN(CC)c1ccc2cc(C(=O)NCCC(=O)O)c(=O)oc2c1. The van der Waals surface area contributed by atoms with Crippen molar-refractivity contribution in [3.63, 3.8) is 0 Å². The predicted octanol–water partition coefficient (Wildman–Crippen LogP) is 1.84. The zero-order valence-corrected chi connectivity index (χ0v) is 13.7. The number of benzene rings is 1. The summed E-state index contributed by atoms with van der Waals surface area (Å²) in [5.41, 5.74) is 0.469. The van der Waals surface area contributed by atoms with Crippen LogP contribution in [0.5, 0.6) is 0 Å². The maximum absolute atomic E-state index is 12.0. The van der Waals surface area contributed by atoms with Crippen molar-refractivity contribution in [2.45, 2.75) is 20.3 Å². The Morgan fingerprint density at radius 2 is 1.92 bits per heavy atom. The number of aliphatic carboxylic acids is 1. The van der Waals surface area contributed by atoms with Gasteiger partial charge in [-0.05, 0) is 32.0 Å². The van der Waals surface area contributed by atoms with Crippen molar-refractivity contribution in [3.05, 3.63) is 40.2 Å². The average molecular weight is 332 g/mol. The molecule has 0 aliphatic rings. The molecule has 0 aliphatic heterocycles. The summed E-state index contributed by atoms with van der Waals surface area (Å²) in [5, 5.41) is 11.6. The Balaban J connectivity index is 2.30. The van der Waals surface area contributed by atoms with Crippen LogP contribution in [0.25, 0.3) is 11.0 Å². The molecule has 0 saturated heterocycles. The average Bonchev–Trinajstić information content (AvgIpc) is 2.54. The van der Waals surface area contributed by atoms with Gasteiger partial charge in [0.15, 0.2) is 0 Å². The number of carboxylic acid groups (broad SMARTS) is 1. The molecular weight excluding hydrogens is 312 g/mol. The molecule has 0 saturated carbocycles. The zero-order valence-electron chi connectivity index (χ0n) is 13.7. The van der Waals surface area contributed by atoms with Gasteiger partial charge in [-0.3, -0.25) is 9.59 Å². The van der Waals surface area contributed by atoms with Crippen LogP contribution >= 0.6 is 0 Å². The number of rotatable bonds is 7. The fourth-order valence-corrected chi connectivity index (χ4v) is 2.42. The lowest BCUT2D eigenvalue weighted by Crippen LogP contribution is -2.30. The fourth-order valence-electron chi connectivity index (χ4n) is 2.42. The molecule has 1 aromatic carbocycles. The second-order valence-electron chi connectivity index (χ2n) is 5.24. The Morgan fingerprint density at radius 1 is 1.21 bits per heavy atom. The van der Waals surface area contributed by atoms with E-state index in [4.69, 9.17) is 9.52 Å². The molecule has 128 valence electrons. The quantitative estimate of drug-likeness (QED) is 0.751. The van der Waals surface area contributed by atoms with Gasteiger partial charge in [0, 0.05) is 36.8 Å². The van der Waals surface area contributed by atoms with E-state index in [1.165, 1.54) is 6.07 Å². The first-order valence-electron chi connectivity index (χ1n) is 7.79. The van der Waals surface area contributed by atoms with Gasteiger partial charge in [0.1, 0.15) is 11.1 Å². The van der Waals surface area contributed by atoms with E-state index in [1.54, 1.807) is 12.1 Å². The molecule has 1 heterocycles. The molecule has 2 N–H and O–H groups in total. The number of carbonyl (C=O) groups is 2. The number of hydrogen-bond donors (Lipinski definition) is 2. The Morgan fingerprint density at radius 3 is 2.54 bits per heavy atom. The largest absolute Gasteiger partial charge is 0.481 e. The third-order valence-electron chi connectivity index (χ3n) is 3.72. The molecule has 0 fully saturated rings. The van der Waals surface area contributed by atoms with Crippen molar-refractivity contribution in [3.8, 4) is 0 Å². The number of carboxylic acids is 1. The summed E-state index contributed by atoms with van der Waals surface area (Å²) in [6, 6.07) is 6.93. The lowest BCUT2D eigenvalue weighted by atomic mass is 10.1. The molecule has 0 spiro atoms. The van der Waals surface area contributed by atoms with Crippen molar-refractivity contribution in [1.29, 1.82) is 0 Å². The van der Waals surface area contributed by atoms with Crippen molar-refractivity contribution < 1.29 is 19.1 Å². The van der Waals surface area contributed by atoms with Gasteiger partial charge in [0.25, 0.3) is 5.91 Å². The van der Waals surface area contributed by atoms with E-state index in [9.17, 15) is 14.4 Å². The lowest BCUT2D eigenvalue weighted by molar-refractivity contribution is -0.136. The summed E-state index contributed by atoms with van der Waals surface area (Å²) in [5.74, 6) is -1.66. The highest BCUT2D eigenvalue weighted by Gasteiger charge is 2.14. The molecule has 0 radical (unpaired) electrons. The standard InChI is InChI=1S/C17H20N2O5/c1-3-19(4-2)12-6-5-11-9-13(17(23)24-14(11)10-12)16(22)18-8-7-15(20)21/h5-6,9-10H,3-4,7-8H2,1-2H3,(H,18,22)(H,20,21). The molecule has 0 bridgehead atoms. The number of nitrogens with one attached hydrogen (secondary N) is 1. The van der Waals surface area contributed by atoms with Crippen molar-refractivity contribution in [1.82, 2.24) is 5.32 Å². The predicted molar refractivity (Wildman–Crippen MR) is 90.6 cm³/mol. The fraction of sp³-hybridized carbons (Fsp3) is 0.353. The Labute approximate surface area is 138 Å². The van der Waals surface area contributed by atoms with Crippen LogP contribution in [0.2, 0.25) is 0 Å². The molecule has 2 aromatic rings. The minimum Gasteiger partial charge on any atom is -0.481 e. The van der Waals surface area contributed by atoms with Crippen LogP contribution in [0.1, 0.15) is 30.6 Å². The van der Waals surface area contributed by atoms with E-state index >= 15 is 0 Å². The number of amides is 1. The third kappa shape index (κ3) is 3.92. The first-order chi connectivity index (χ1) is 11.5. The smallest absolute Gasteiger partial charge is 0.349 e. The van der Waals surface area contributed by atoms with Gasteiger partial charge in [-0.2, -0.15) is 0 Å². The highest BCUT2D eigenvalue weighted by molar-refractivity contribution is 5.97. The van der Waals surface area contributed by atoms with Gasteiger partial charge < -0.3 is 19.7 Å². The first-order valence-corrected chi connectivity index (χ1v) is 7.79. The summed E-state index contributed by atoms with van der Waals surface area (Å²) in [6.07, 6.45) is -0.210. The maximum atomic E-state index is 12.0. The molecule has 0 atom stereocenters. The molecule has 1 amide bonds. The van der Waals surface area contributed by atoms with Gasteiger partial charge in [0.2, 0.25) is 0 Å². The second-order valence-corrected chi connectivity index (χ2v) is 5.24. The van der Waals surface area contributed by atoms with Gasteiger partial charge in [0.05, 0.1) is 6.42 Å². The minimum atomic E-state index is -1.02. The number of carbonyl (C=O) groups excluding carboxylic acids is 1. The maximum Gasteiger partial charge on any atom is 0.349 e. The van der Waals surface area contributed by atoms with Crippen LogP contribution in [0.3, 0.4) is 0 Å². The van der Waals surface area contributed by atoms with Crippen LogP contribution < -0.4 is 15.8 Å². The Kier molecular flexibility index (Phi) is 5.57. The monoisotopic (exact) mass is 332 g/mol. The van der Waals surface area contributed by atoms with Crippen molar-refractivity contribution in [2.24, 2.45) is 0 Å². The summed E-state index contributed by atoms with van der Waals surface area (Å²) in [6.45, 7) is 5.68. The molecule has 24 heavy (non-hydrogen) atoms. The van der Waals surface area contributed by atoms with E-state index in [2.05, 4.69) is 10.2 Å². The zero-order chi connectivity index (χ0) is 17.7. The molecule has 0 aliphatic carbocycles. The Bertz CT molecular complexity index is 808. The number of fused-ring (bicyclic) bond motifs is 1. The minimum absolute atomic E-state index is 0.0491. The normalized spacial score (nSPS) is 10.6. The lowest BCUT2D eigenvalue weighted by Gasteiger charge is -2.20. The van der Waals surface area contributed by atoms with Crippen LogP contribution in [-0.2, 0) is 4.79 Å². The summed E-state index contributed by atoms with van der Waals surface area (Å²) >= 11 is 0.